The van der Waals surface area contributed by atoms with E-state index in [0.29, 0.717) is 19.3 Å². The molecule has 0 aliphatic rings. The first-order valence-corrected chi connectivity index (χ1v) is 11.1. The lowest BCUT2D eigenvalue weighted by Crippen LogP contribution is -2.18. The minimum absolute atomic E-state index is 0.201. The molecule has 25 heavy (non-hydrogen) atoms. The van der Waals surface area contributed by atoms with E-state index >= 15 is 0 Å². The Bertz CT molecular complexity index is 421. The van der Waals surface area contributed by atoms with Crippen molar-refractivity contribution in [3.05, 3.63) is 0 Å². The smallest absolute Gasteiger partial charge is 0.397 e. The number of carboxylic acid groups (broad SMARTS) is 1. The van der Waals surface area contributed by atoms with E-state index in [1.54, 1.807) is 0 Å². The summed E-state index contributed by atoms with van der Waals surface area (Å²) < 4.78 is 35.6. The second kappa shape index (κ2) is 15.6. The van der Waals surface area contributed by atoms with Crippen LogP contribution in [-0.2, 0) is 19.4 Å². The predicted octanol–water partition coefficient (Wildman–Crippen LogP) is 5.13. The third-order valence-electron chi connectivity index (χ3n) is 4.30. The van der Waals surface area contributed by atoms with E-state index in [0.717, 1.165) is 44.9 Å². The lowest BCUT2D eigenvalue weighted by molar-refractivity contribution is -0.137. The highest BCUT2D eigenvalue weighted by Crippen LogP contribution is 2.18. The normalized spacial score (nSPS) is 13.0. The Morgan fingerprint density at radius 3 is 1.72 bits per heavy atom. The van der Waals surface area contributed by atoms with Gasteiger partial charge in [-0.2, -0.15) is 8.42 Å². The van der Waals surface area contributed by atoms with E-state index in [1.807, 2.05) is 0 Å². The Balaban J connectivity index is 3.84. The van der Waals surface area contributed by atoms with Gasteiger partial charge in [-0.1, -0.05) is 77.6 Å². The second-order valence-electron chi connectivity index (χ2n) is 6.76. The van der Waals surface area contributed by atoms with Crippen LogP contribution in [0.25, 0.3) is 0 Å². The second-order valence-corrected chi connectivity index (χ2v) is 7.80. The fourth-order valence-corrected chi connectivity index (χ4v) is 3.46. The van der Waals surface area contributed by atoms with Crippen molar-refractivity contribution in [3.8, 4) is 0 Å². The molecule has 0 saturated carbocycles. The molecule has 0 rings (SSSR count). The maximum absolute atomic E-state index is 11.0. The number of aliphatic carboxylic acids is 1. The van der Waals surface area contributed by atoms with E-state index in [2.05, 4.69) is 6.92 Å². The van der Waals surface area contributed by atoms with Crippen LogP contribution < -0.4 is 0 Å². The summed E-state index contributed by atoms with van der Waals surface area (Å²) in [5, 5.41) is 8.56. The van der Waals surface area contributed by atoms with Gasteiger partial charge >= 0.3 is 16.4 Å². The zero-order valence-electron chi connectivity index (χ0n) is 15.6. The third-order valence-corrected chi connectivity index (χ3v) is 4.82. The molecule has 150 valence electrons. The number of carbonyl (C=O) groups is 1. The van der Waals surface area contributed by atoms with Gasteiger partial charge in [-0.15, -0.1) is 0 Å². The van der Waals surface area contributed by atoms with Crippen molar-refractivity contribution in [2.75, 3.05) is 0 Å². The van der Waals surface area contributed by atoms with Crippen molar-refractivity contribution >= 4 is 16.4 Å². The molecule has 0 aromatic rings. The van der Waals surface area contributed by atoms with E-state index in [-0.39, 0.29) is 6.42 Å². The fraction of sp³-hybridized carbons (Fsp3) is 0.944. The number of carboxylic acids is 1. The lowest BCUT2D eigenvalue weighted by atomic mass is 10.0. The van der Waals surface area contributed by atoms with Crippen molar-refractivity contribution in [1.82, 2.24) is 0 Å². The van der Waals surface area contributed by atoms with Crippen molar-refractivity contribution in [3.63, 3.8) is 0 Å². The van der Waals surface area contributed by atoms with E-state index in [4.69, 9.17) is 13.8 Å². The van der Waals surface area contributed by atoms with Gasteiger partial charge in [-0.25, -0.2) is 4.18 Å². The van der Waals surface area contributed by atoms with Gasteiger partial charge in [0.15, 0.2) is 0 Å². The summed E-state index contributed by atoms with van der Waals surface area (Å²) in [7, 11) is -4.40. The summed E-state index contributed by atoms with van der Waals surface area (Å²) in [6, 6.07) is 0. The van der Waals surface area contributed by atoms with E-state index < -0.39 is 22.5 Å². The standard InChI is InChI=1S/C18H36O6S/c1-2-3-4-5-6-8-11-14-17(24-25(21,22)23)15-12-9-7-10-13-16-18(19)20/h17H,2-16H2,1H3,(H,19,20)(H,21,22,23)/t17-/m0/s1. The molecule has 6 nitrogen and oxygen atoms in total. The first-order valence-electron chi connectivity index (χ1n) is 9.72. The molecule has 0 radical (unpaired) electrons. The molecule has 0 saturated heterocycles. The van der Waals surface area contributed by atoms with Gasteiger partial charge in [-0.3, -0.25) is 9.35 Å². The maximum Gasteiger partial charge on any atom is 0.397 e. The van der Waals surface area contributed by atoms with Crippen molar-refractivity contribution in [2.45, 2.75) is 109 Å². The highest BCUT2D eigenvalue weighted by Gasteiger charge is 2.16. The molecule has 2 N–H and O–H groups in total. The van der Waals surface area contributed by atoms with Gasteiger partial charge in [0.25, 0.3) is 0 Å². The quantitative estimate of drug-likeness (QED) is 0.252. The van der Waals surface area contributed by atoms with Crippen molar-refractivity contribution in [1.29, 1.82) is 0 Å². The molecular formula is C18H36O6S. The molecule has 0 aromatic heterocycles. The molecule has 0 spiro atoms. The molecule has 0 aliphatic carbocycles. The van der Waals surface area contributed by atoms with Crippen LogP contribution in [0.1, 0.15) is 103 Å². The molecule has 0 heterocycles. The predicted molar refractivity (Wildman–Crippen MR) is 99.0 cm³/mol. The van der Waals surface area contributed by atoms with Crippen LogP contribution in [0.15, 0.2) is 0 Å². The van der Waals surface area contributed by atoms with Crippen LogP contribution in [0.5, 0.6) is 0 Å². The SMILES string of the molecule is CCCCCCCCC[C@@H](CCCCCCCC(=O)O)OS(=O)(=O)O. The Morgan fingerprint density at radius 1 is 0.840 bits per heavy atom. The zero-order chi connectivity index (χ0) is 19.0. The largest absolute Gasteiger partial charge is 0.481 e. The molecule has 0 amide bonds. The van der Waals surface area contributed by atoms with Gasteiger partial charge in [0.2, 0.25) is 0 Å². The Morgan fingerprint density at radius 2 is 1.28 bits per heavy atom. The highest BCUT2D eigenvalue weighted by molar-refractivity contribution is 7.80. The van der Waals surface area contributed by atoms with Crippen LogP contribution in [-0.4, -0.2) is 30.2 Å². The first-order chi connectivity index (χ1) is 11.8. The molecule has 0 aromatic carbocycles. The number of hydrogen-bond acceptors (Lipinski definition) is 4. The topological polar surface area (TPSA) is 101 Å². The van der Waals surface area contributed by atoms with Gasteiger partial charge in [0.05, 0.1) is 6.10 Å². The van der Waals surface area contributed by atoms with Crippen molar-refractivity contribution < 1.29 is 27.1 Å². The minimum Gasteiger partial charge on any atom is -0.481 e. The fourth-order valence-electron chi connectivity index (χ4n) is 2.92. The zero-order valence-corrected chi connectivity index (χ0v) is 16.4. The number of unbranched alkanes of at least 4 members (excludes halogenated alkanes) is 10. The first kappa shape index (κ1) is 24.3. The van der Waals surface area contributed by atoms with Crippen LogP contribution in [0.3, 0.4) is 0 Å². The Kier molecular flexibility index (Phi) is 15.2. The summed E-state index contributed by atoms with van der Waals surface area (Å²) in [6.45, 7) is 2.18. The van der Waals surface area contributed by atoms with Crippen LogP contribution in [0.2, 0.25) is 0 Å². The van der Waals surface area contributed by atoms with Crippen molar-refractivity contribution in [2.24, 2.45) is 0 Å². The molecule has 0 aliphatic heterocycles. The number of rotatable bonds is 18. The average molecular weight is 381 g/mol. The summed E-state index contributed by atoms with van der Waals surface area (Å²) in [6.07, 6.45) is 13.3. The van der Waals surface area contributed by atoms with Gasteiger partial charge in [0.1, 0.15) is 0 Å². The lowest BCUT2D eigenvalue weighted by Gasteiger charge is -2.15. The Hall–Kier alpha value is -0.660. The summed E-state index contributed by atoms with van der Waals surface area (Å²) in [4.78, 5) is 10.4. The van der Waals surface area contributed by atoms with Crippen LogP contribution in [0, 0.1) is 0 Å². The van der Waals surface area contributed by atoms with Crippen LogP contribution >= 0.6 is 0 Å². The summed E-state index contributed by atoms with van der Waals surface area (Å²) in [5.74, 6) is -0.767. The van der Waals surface area contributed by atoms with E-state index in [9.17, 15) is 13.2 Å². The minimum atomic E-state index is -4.40. The van der Waals surface area contributed by atoms with Crippen LogP contribution in [0.4, 0.5) is 0 Å². The van der Waals surface area contributed by atoms with Gasteiger partial charge in [-0.05, 0) is 19.3 Å². The monoisotopic (exact) mass is 380 g/mol. The number of hydrogen-bond donors (Lipinski definition) is 2. The Labute approximate surface area is 153 Å². The molecule has 0 unspecified atom stereocenters. The molecule has 1 atom stereocenters. The summed E-state index contributed by atoms with van der Waals surface area (Å²) in [5.41, 5.74) is 0. The van der Waals surface area contributed by atoms with E-state index in [1.165, 1.54) is 25.7 Å². The van der Waals surface area contributed by atoms with Gasteiger partial charge < -0.3 is 5.11 Å². The highest BCUT2D eigenvalue weighted by atomic mass is 32.3. The molecule has 0 bridgehead atoms. The molecular weight excluding hydrogens is 344 g/mol. The summed E-state index contributed by atoms with van der Waals surface area (Å²) >= 11 is 0. The van der Waals surface area contributed by atoms with Gasteiger partial charge in [0, 0.05) is 6.42 Å². The third kappa shape index (κ3) is 19.5. The molecule has 7 heteroatoms. The molecule has 0 fully saturated rings. The average Bonchev–Trinajstić information content (AvgIpc) is 2.51. The maximum atomic E-state index is 11.0.